The number of sulfonamides is 1. The topological polar surface area (TPSA) is 82.1 Å². The number of hydrogen-bond donors (Lipinski definition) is 0. The van der Waals surface area contributed by atoms with E-state index in [4.69, 9.17) is 14.2 Å². The van der Waals surface area contributed by atoms with Crippen molar-refractivity contribution in [3.05, 3.63) is 53.8 Å². The van der Waals surface area contributed by atoms with Gasteiger partial charge in [0.2, 0.25) is 10.0 Å². The highest BCUT2D eigenvalue weighted by molar-refractivity contribution is 7.89. The van der Waals surface area contributed by atoms with Crippen LogP contribution in [0.15, 0.2) is 47.4 Å². The molecule has 0 N–H and O–H groups in total. The van der Waals surface area contributed by atoms with Crippen LogP contribution >= 0.6 is 0 Å². The summed E-state index contributed by atoms with van der Waals surface area (Å²) in [6.07, 6.45) is 0.762. The summed E-state index contributed by atoms with van der Waals surface area (Å²) in [5.74, 6) is -0.131. The van der Waals surface area contributed by atoms with E-state index in [2.05, 4.69) is 0 Å². The zero-order valence-electron chi connectivity index (χ0n) is 16.3. The van der Waals surface area contributed by atoms with Gasteiger partial charge in [0.1, 0.15) is 25.6 Å². The van der Waals surface area contributed by atoms with Gasteiger partial charge in [-0.2, -0.15) is 4.31 Å². The van der Waals surface area contributed by atoms with E-state index in [-0.39, 0.29) is 42.3 Å². The number of benzene rings is 2. The molecule has 30 heavy (non-hydrogen) atoms. The highest BCUT2D eigenvalue weighted by Crippen LogP contribution is 2.34. The minimum absolute atomic E-state index is 0.0643. The molecule has 2 aliphatic heterocycles. The van der Waals surface area contributed by atoms with Crippen LogP contribution in [0.2, 0.25) is 0 Å². The first kappa shape index (κ1) is 20.6. The van der Waals surface area contributed by atoms with E-state index in [0.717, 1.165) is 0 Å². The molecule has 0 spiro atoms. The van der Waals surface area contributed by atoms with Crippen molar-refractivity contribution in [2.45, 2.75) is 24.3 Å². The summed E-state index contributed by atoms with van der Waals surface area (Å²) in [6.45, 7) is 1.33. The van der Waals surface area contributed by atoms with Crippen molar-refractivity contribution in [3.8, 4) is 11.5 Å². The number of rotatable bonds is 5. The summed E-state index contributed by atoms with van der Waals surface area (Å²) in [7, 11) is -3.69. The quantitative estimate of drug-likeness (QED) is 0.672. The largest absolute Gasteiger partial charge is 0.486 e. The highest BCUT2D eigenvalue weighted by Gasteiger charge is 2.33. The Hall–Kier alpha value is -2.65. The van der Waals surface area contributed by atoms with Gasteiger partial charge < -0.3 is 14.2 Å². The zero-order valence-corrected chi connectivity index (χ0v) is 17.1. The average Bonchev–Trinajstić information content (AvgIpc) is 2.78. The third-order valence-electron chi connectivity index (χ3n) is 5.23. The number of carbonyl (C=O) groups is 1. The normalized spacial score (nSPS) is 17.5. The molecule has 0 aromatic heterocycles. The SMILES string of the molecule is O=C(OCc1ccc(F)cc1)C1CCN(S(=O)(=O)c2ccc3c(c2)OCCO3)CC1. The van der Waals surface area contributed by atoms with Gasteiger partial charge in [-0.25, -0.2) is 12.8 Å². The first-order chi connectivity index (χ1) is 14.4. The Morgan fingerprint density at radius 2 is 1.70 bits per heavy atom. The molecule has 0 aliphatic carbocycles. The summed E-state index contributed by atoms with van der Waals surface area (Å²) in [4.78, 5) is 12.5. The molecule has 9 heteroatoms. The van der Waals surface area contributed by atoms with Crippen molar-refractivity contribution in [2.75, 3.05) is 26.3 Å². The number of hydrogen-bond acceptors (Lipinski definition) is 6. The van der Waals surface area contributed by atoms with Gasteiger partial charge in [-0.05, 0) is 42.7 Å². The van der Waals surface area contributed by atoms with Crippen LogP contribution in [0.1, 0.15) is 18.4 Å². The smallest absolute Gasteiger partial charge is 0.309 e. The molecular weight excluding hydrogens is 413 g/mol. The fraction of sp³-hybridized carbons (Fsp3) is 0.381. The maximum Gasteiger partial charge on any atom is 0.309 e. The molecule has 160 valence electrons. The lowest BCUT2D eigenvalue weighted by atomic mass is 9.98. The lowest BCUT2D eigenvalue weighted by molar-refractivity contribution is -0.151. The number of piperidine rings is 1. The van der Waals surface area contributed by atoms with Crippen molar-refractivity contribution >= 4 is 16.0 Å². The van der Waals surface area contributed by atoms with Gasteiger partial charge in [0.25, 0.3) is 0 Å². The van der Waals surface area contributed by atoms with Gasteiger partial charge >= 0.3 is 5.97 Å². The van der Waals surface area contributed by atoms with Crippen LogP contribution in [0.25, 0.3) is 0 Å². The van der Waals surface area contributed by atoms with Crippen LogP contribution in [0, 0.1) is 11.7 Å². The summed E-state index contributed by atoms with van der Waals surface area (Å²) in [6, 6.07) is 10.3. The van der Waals surface area contributed by atoms with Crippen LogP contribution in [-0.4, -0.2) is 45.0 Å². The molecule has 2 aromatic rings. The van der Waals surface area contributed by atoms with Crippen molar-refractivity contribution in [1.82, 2.24) is 4.31 Å². The Kier molecular flexibility index (Phi) is 5.92. The average molecular weight is 435 g/mol. The molecule has 1 saturated heterocycles. The van der Waals surface area contributed by atoms with E-state index in [1.165, 1.54) is 28.6 Å². The van der Waals surface area contributed by atoms with Gasteiger partial charge in [-0.1, -0.05) is 12.1 Å². The van der Waals surface area contributed by atoms with Crippen molar-refractivity contribution in [3.63, 3.8) is 0 Å². The molecule has 0 radical (unpaired) electrons. The molecule has 0 amide bonds. The van der Waals surface area contributed by atoms with Crippen LogP contribution in [0.5, 0.6) is 11.5 Å². The second-order valence-corrected chi connectivity index (χ2v) is 9.16. The number of esters is 1. The molecule has 0 atom stereocenters. The van der Waals surface area contributed by atoms with Crippen LogP contribution in [-0.2, 0) is 26.2 Å². The molecule has 2 aromatic carbocycles. The van der Waals surface area contributed by atoms with E-state index in [0.29, 0.717) is 43.1 Å². The fourth-order valence-corrected chi connectivity index (χ4v) is 5.00. The number of nitrogens with zero attached hydrogens (tertiary/aromatic N) is 1. The second kappa shape index (κ2) is 8.61. The summed E-state index contributed by atoms with van der Waals surface area (Å²) >= 11 is 0. The summed E-state index contributed by atoms with van der Waals surface area (Å²) in [5, 5.41) is 0. The first-order valence-corrected chi connectivity index (χ1v) is 11.2. The maximum atomic E-state index is 13.0. The maximum absolute atomic E-state index is 13.0. The minimum atomic E-state index is -3.69. The standard InChI is InChI=1S/C21H22FNO6S/c22-17-3-1-15(2-4-17)14-29-21(24)16-7-9-23(10-8-16)30(25,26)18-5-6-19-20(13-18)28-12-11-27-19/h1-6,13,16H,7-12,14H2. The molecule has 2 aliphatic rings. The third kappa shape index (κ3) is 4.41. The predicted molar refractivity (Wildman–Crippen MR) is 105 cm³/mol. The Morgan fingerprint density at radius 3 is 2.40 bits per heavy atom. The Labute approximate surface area is 174 Å². The summed E-state index contributed by atoms with van der Waals surface area (Å²) in [5.41, 5.74) is 0.698. The van der Waals surface area contributed by atoms with E-state index >= 15 is 0 Å². The van der Waals surface area contributed by atoms with Crippen molar-refractivity contribution < 1.29 is 31.8 Å². The third-order valence-corrected chi connectivity index (χ3v) is 7.13. The summed E-state index contributed by atoms with van der Waals surface area (Å²) < 4.78 is 56.5. The number of ether oxygens (including phenoxy) is 3. The number of halogens is 1. The molecule has 0 bridgehead atoms. The van der Waals surface area contributed by atoms with Crippen molar-refractivity contribution in [2.24, 2.45) is 5.92 Å². The van der Waals surface area contributed by atoms with Gasteiger partial charge in [0.15, 0.2) is 11.5 Å². The van der Waals surface area contributed by atoms with E-state index in [1.54, 1.807) is 18.2 Å². The molecule has 2 heterocycles. The van der Waals surface area contributed by atoms with E-state index in [9.17, 15) is 17.6 Å². The van der Waals surface area contributed by atoms with Crippen LogP contribution in [0.4, 0.5) is 4.39 Å². The van der Waals surface area contributed by atoms with Crippen LogP contribution < -0.4 is 9.47 Å². The number of carbonyl (C=O) groups excluding carboxylic acids is 1. The lowest BCUT2D eigenvalue weighted by Gasteiger charge is -2.30. The van der Waals surface area contributed by atoms with Gasteiger partial charge in [0.05, 0.1) is 10.8 Å². The molecule has 1 fully saturated rings. The molecule has 0 saturated carbocycles. The lowest BCUT2D eigenvalue weighted by Crippen LogP contribution is -2.40. The van der Waals surface area contributed by atoms with Gasteiger partial charge in [0, 0.05) is 19.2 Å². The fourth-order valence-electron chi connectivity index (χ4n) is 3.52. The molecule has 0 unspecified atom stereocenters. The Bertz CT molecular complexity index is 1020. The zero-order chi connectivity index (χ0) is 21.1. The van der Waals surface area contributed by atoms with E-state index < -0.39 is 10.0 Å². The van der Waals surface area contributed by atoms with E-state index in [1.807, 2.05) is 0 Å². The van der Waals surface area contributed by atoms with Crippen molar-refractivity contribution in [1.29, 1.82) is 0 Å². The minimum Gasteiger partial charge on any atom is -0.486 e. The predicted octanol–water partition coefficient (Wildman–Crippen LogP) is 2.74. The monoisotopic (exact) mass is 435 g/mol. The van der Waals surface area contributed by atoms with Gasteiger partial charge in [-0.15, -0.1) is 0 Å². The van der Waals surface area contributed by atoms with Gasteiger partial charge in [-0.3, -0.25) is 4.79 Å². The van der Waals surface area contributed by atoms with Crippen LogP contribution in [0.3, 0.4) is 0 Å². The second-order valence-electron chi connectivity index (χ2n) is 7.22. The molecule has 4 rings (SSSR count). The Balaban J connectivity index is 1.34. The highest BCUT2D eigenvalue weighted by atomic mass is 32.2. The first-order valence-electron chi connectivity index (χ1n) is 9.74. The molecule has 7 nitrogen and oxygen atoms in total. The Morgan fingerprint density at radius 1 is 1.03 bits per heavy atom. The number of fused-ring (bicyclic) bond motifs is 1. The molecular formula is C21H22FNO6S.